The number of amides is 1. The van der Waals surface area contributed by atoms with Crippen molar-refractivity contribution in [2.24, 2.45) is 5.10 Å². The lowest BCUT2D eigenvalue weighted by Crippen LogP contribution is -2.30. The third kappa shape index (κ3) is 3.18. The average Bonchev–Trinajstić information content (AvgIpc) is 2.56. The zero-order valence-electron chi connectivity index (χ0n) is 11.7. The van der Waals surface area contributed by atoms with Gasteiger partial charge in [0.2, 0.25) is 0 Å². The average molecular weight is 320 g/mol. The van der Waals surface area contributed by atoms with E-state index in [1.165, 1.54) is 36.4 Å². The van der Waals surface area contributed by atoms with Gasteiger partial charge in [0, 0.05) is 11.1 Å². The van der Waals surface area contributed by atoms with Gasteiger partial charge in [0.15, 0.2) is 0 Å². The highest BCUT2D eigenvalue weighted by Gasteiger charge is 2.19. The number of nitrogens with one attached hydrogen (secondary N) is 1. The van der Waals surface area contributed by atoms with Gasteiger partial charge in [-0.05, 0) is 29.3 Å². The maximum Gasteiger partial charge on any atom is 0.428 e. The third-order valence-corrected chi connectivity index (χ3v) is 3.40. The second-order valence-electron chi connectivity index (χ2n) is 4.86. The molecule has 2 aromatic rings. The molecule has 0 radical (unpaired) electrons. The zero-order chi connectivity index (χ0) is 16.4. The number of halogens is 3. The fourth-order valence-corrected chi connectivity index (χ4v) is 2.27. The standard InChI is InChI=1S/C16H11F3N2O2/c17-11-4-1-9(2-5-11)12-6-3-10(7-13(12)15(18)19)14-8-23-16(22)21-20-14/h1-7,15H,8H2,(H,21,22). The first-order chi connectivity index (χ1) is 11.0. The SMILES string of the molecule is O=C1NN=C(c2ccc(-c3ccc(F)cc3)c(C(F)F)c2)CO1. The first-order valence-electron chi connectivity index (χ1n) is 6.72. The highest BCUT2D eigenvalue weighted by atomic mass is 19.3. The molecule has 0 fully saturated rings. The Kier molecular flexibility index (Phi) is 4.01. The number of alkyl halides is 2. The molecule has 1 aliphatic rings. The minimum atomic E-state index is -2.71. The maximum atomic E-state index is 13.4. The largest absolute Gasteiger partial charge is 0.442 e. The lowest BCUT2D eigenvalue weighted by Gasteiger charge is -2.16. The molecule has 4 nitrogen and oxygen atoms in total. The van der Waals surface area contributed by atoms with Crippen LogP contribution in [0.15, 0.2) is 47.6 Å². The van der Waals surface area contributed by atoms with Gasteiger partial charge in [-0.15, -0.1) is 0 Å². The minimum absolute atomic E-state index is 0.0929. The molecule has 2 aromatic carbocycles. The Labute approximate surface area is 129 Å². The van der Waals surface area contributed by atoms with E-state index in [2.05, 4.69) is 10.5 Å². The molecule has 7 heteroatoms. The molecule has 118 valence electrons. The maximum absolute atomic E-state index is 13.4. The van der Waals surface area contributed by atoms with Gasteiger partial charge in [0.25, 0.3) is 6.43 Å². The molecule has 0 saturated carbocycles. The van der Waals surface area contributed by atoms with Gasteiger partial charge in [-0.1, -0.05) is 24.3 Å². The summed E-state index contributed by atoms with van der Waals surface area (Å²) in [6.07, 6.45) is -3.40. The molecular formula is C16H11F3N2O2. The van der Waals surface area contributed by atoms with Crippen LogP contribution in [0.3, 0.4) is 0 Å². The Morgan fingerprint density at radius 3 is 2.39 bits per heavy atom. The van der Waals surface area contributed by atoms with Crippen LogP contribution in [0.2, 0.25) is 0 Å². The highest BCUT2D eigenvalue weighted by Crippen LogP contribution is 2.32. The van der Waals surface area contributed by atoms with E-state index in [4.69, 9.17) is 4.74 Å². The van der Waals surface area contributed by atoms with Gasteiger partial charge in [-0.2, -0.15) is 5.10 Å². The number of benzene rings is 2. The van der Waals surface area contributed by atoms with Crippen molar-refractivity contribution in [3.8, 4) is 11.1 Å². The van der Waals surface area contributed by atoms with E-state index >= 15 is 0 Å². The Bertz CT molecular complexity index is 773. The van der Waals surface area contributed by atoms with Crippen LogP contribution in [0.4, 0.5) is 18.0 Å². The molecule has 0 spiro atoms. The van der Waals surface area contributed by atoms with Crippen molar-refractivity contribution in [2.75, 3.05) is 6.61 Å². The van der Waals surface area contributed by atoms with Crippen molar-refractivity contribution in [3.05, 3.63) is 59.4 Å². The molecule has 1 N–H and O–H groups in total. The highest BCUT2D eigenvalue weighted by molar-refractivity contribution is 6.04. The van der Waals surface area contributed by atoms with Crippen molar-refractivity contribution >= 4 is 11.8 Å². The minimum Gasteiger partial charge on any atom is -0.442 e. The number of ether oxygens (including phenoxy) is 1. The summed E-state index contributed by atoms with van der Waals surface area (Å²) in [5, 5.41) is 3.79. The molecule has 0 aromatic heterocycles. The molecule has 0 aliphatic carbocycles. The molecule has 0 bridgehead atoms. The number of cyclic esters (lactones) is 1. The zero-order valence-corrected chi connectivity index (χ0v) is 11.7. The topological polar surface area (TPSA) is 50.7 Å². The Balaban J connectivity index is 2.02. The van der Waals surface area contributed by atoms with Crippen LogP contribution in [0.25, 0.3) is 11.1 Å². The lowest BCUT2D eigenvalue weighted by atomic mass is 9.96. The number of hydrogen-bond acceptors (Lipinski definition) is 3. The molecule has 23 heavy (non-hydrogen) atoms. The number of carbonyl (C=O) groups excluding carboxylic acids is 1. The lowest BCUT2D eigenvalue weighted by molar-refractivity contribution is 0.151. The Morgan fingerprint density at radius 2 is 1.78 bits per heavy atom. The first kappa shape index (κ1) is 15.1. The van der Waals surface area contributed by atoms with E-state index in [0.29, 0.717) is 22.4 Å². The van der Waals surface area contributed by atoms with Crippen molar-refractivity contribution in [3.63, 3.8) is 0 Å². The van der Waals surface area contributed by atoms with Gasteiger partial charge in [-0.3, -0.25) is 0 Å². The van der Waals surface area contributed by atoms with Gasteiger partial charge in [0.05, 0.1) is 0 Å². The van der Waals surface area contributed by atoms with E-state index in [0.717, 1.165) is 0 Å². The Hall–Kier alpha value is -2.83. The molecule has 1 amide bonds. The second kappa shape index (κ2) is 6.12. The summed E-state index contributed by atoms with van der Waals surface area (Å²) in [6.45, 7) is -0.0929. The summed E-state index contributed by atoms with van der Waals surface area (Å²) in [5.74, 6) is -0.437. The van der Waals surface area contributed by atoms with E-state index < -0.39 is 18.3 Å². The summed E-state index contributed by atoms with van der Waals surface area (Å²) < 4.78 is 44.5. The van der Waals surface area contributed by atoms with Gasteiger partial charge >= 0.3 is 6.09 Å². The number of nitrogens with zero attached hydrogens (tertiary/aromatic N) is 1. The van der Waals surface area contributed by atoms with Gasteiger partial charge in [-0.25, -0.2) is 23.4 Å². The summed E-state index contributed by atoms with van der Waals surface area (Å²) in [7, 11) is 0. The number of carbonyl (C=O) groups is 1. The van der Waals surface area contributed by atoms with Crippen molar-refractivity contribution in [1.29, 1.82) is 0 Å². The number of hydrogen-bond donors (Lipinski definition) is 1. The predicted molar refractivity (Wildman–Crippen MR) is 77.8 cm³/mol. The van der Waals surface area contributed by atoms with Gasteiger partial charge < -0.3 is 4.74 Å². The monoisotopic (exact) mass is 320 g/mol. The van der Waals surface area contributed by atoms with Crippen LogP contribution >= 0.6 is 0 Å². The van der Waals surface area contributed by atoms with Crippen molar-refractivity contribution in [1.82, 2.24) is 5.43 Å². The number of rotatable bonds is 3. The fraction of sp³-hybridized carbons (Fsp3) is 0.125. The number of hydrazone groups is 1. The molecule has 0 saturated heterocycles. The molecule has 1 heterocycles. The summed E-state index contributed by atoms with van der Waals surface area (Å²) >= 11 is 0. The smallest absolute Gasteiger partial charge is 0.428 e. The van der Waals surface area contributed by atoms with Crippen LogP contribution < -0.4 is 5.43 Å². The van der Waals surface area contributed by atoms with E-state index in [1.54, 1.807) is 6.07 Å². The summed E-state index contributed by atoms with van der Waals surface area (Å²) in [6, 6.07) is 9.73. The van der Waals surface area contributed by atoms with Crippen molar-refractivity contribution < 1.29 is 22.7 Å². The molecule has 1 aliphatic heterocycles. The molecule has 3 rings (SSSR count). The van der Waals surface area contributed by atoms with Crippen LogP contribution in [-0.4, -0.2) is 18.4 Å². The summed E-state index contributed by atoms with van der Waals surface area (Å²) in [4.78, 5) is 10.9. The van der Waals surface area contributed by atoms with Gasteiger partial charge in [0.1, 0.15) is 18.1 Å². The fourth-order valence-electron chi connectivity index (χ4n) is 2.27. The van der Waals surface area contributed by atoms with Crippen LogP contribution in [0, 0.1) is 5.82 Å². The molecule has 0 unspecified atom stereocenters. The van der Waals surface area contributed by atoms with Crippen LogP contribution in [0.1, 0.15) is 17.6 Å². The third-order valence-electron chi connectivity index (χ3n) is 3.40. The van der Waals surface area contributed by atoms with E-state index in [-0.39, 0.29) is 12.2 Å². The normalized spacial score (nSPS) is 14.3. The van der Waals surface area contributed by atoms with Crippen LogP contribution in [0.5, 0.6) is 0 Å². The van der Waals surface area contributed by atoms with E-state index in [9.17, 15) is 18.0 Å². The molecular weight excluding hydrogens is 309 g/mol. The summed E-state index contributed by atoms with van der Waals surface area (Å²) in [5.41, 5.74) is 3.50. The van der Waals surface area contributed by atoms with Crippen LogP contribution in [-0.2, 0) is 4.74 Å². The second-order valence-corrected chi connectivity index (χ2v) is 4.86. The molecule has 0 atom stereocenters. The van der Waals surface area contributed by atoms with Crippen molar-refractivity contribution in [2.45, 2.75) is 6.43 Å². The van der Waals surface area contributed by atoms with E-state index in [1.807, 2.05) is 0 Å². The Morgan fingerprint density at radius 1 is 1.09 bits per heavy atom. The first-order valence-corrected chi connectivity index (χ1v) is 6.72. The predicted octanol–water partition coefficient (Wildman–Crippen LogP) is 3.87. The quantitative estimate of drug-likeness (QED) is 0.933.